The van der Waals surface area contributed by atoms with Gasteiger partial charge in [0, 0.05) is 18.9 Å². The molecule has 1 unspecified atom stereocenters. The molecule has 2 aromatic rings. The SMILES string of the molecule is Cc1oc(-n2cccc2)c(C#N)c1C(=O)NCC(O)C(C)(C)C. The number of rotatable bonds is 4. The number of hydrogen-bond acceptors (Lipinski definition) is 4. The Bertz CT molecular complexity index is 730. The first kappa shape index (κ1) is 16.8. The van der Waals surface area contributed by atoms with Gasteiger partial charge in [-0.25, -0.2) is 0 Å². The Morgan fingerprint density at radius 1 is 1.43 bits per heavy atom. The number of nitriles is 1. The van der Waals surface area contributed by atoms with Crippen molar-refractivity contribution in [1.29, 1.82) is 5.26 Å². The Morgan fingerprint density at radius 3 is 2.57 bits per heavy atom. The minimum absolute atomic E-state index is 0.108. The van der Waals surface area contributed by atoms with Crippen LogP contribution in [-0.4, -0.2) is 28.2 Å². The van der Waals surface area contributed by atoms with Crippen molar-refractivity contribution in [3.8, 4) is 12.0 Å². The normalized spacial score (nSPS) is 12.7. The number of aliphatic hydroxyl groups is 1. The van der Waals surface area contributed by atoms with Gasteiger partial charge in [-0.3, -0.25) is 9.36 Å². The lowest BCUT2D eigenvalue weighted by Gasteiger charge is -2.25. The molecule has 0 fully saturated rings. The van der Waals surface area contributed by atoms with Gasteiger partial charge in [-0.05, 0) is 24.5 Å². The van der Waals surface area contributed by atoms with Gasteiger partial charge in [-0.2, -0.15) is 5.26 Å². The second-order valence-corrected chi connectivity index (χ2v) is 6.51. The van der Waals surface area contributed by atoms with E-state index in [0.29, 0.717) is 11.6 Å². The van der Waals surface area contributed by atoms with Gasteiger partial charge in [0.2, 0.25) is 5.88 Å². The second kappa shape index (κ2) is 6.31. The summed E-state index contributed by atoms with van der Waals surface area (Å²) in [6, 6.07) is 5.64. The number of nitrogens with one attached hydrogen (secondary N) is 1. The largest absolute Gasteiger partial charge is 0.443 e. The lowest BCUT2D eigenvalue weighted by Crippen LogP contribution is -2.39. The first-order valence-corrected chi connectivity index (χ1v) is 7.38. The van der Waals surface area contributed by atoms with Gasteiger partial charge in [-0.15, -0.1) is 0 Å². The molecule has 0 aliphatic carbocycles. The number of carbonyl (C=O) groups is 1. The Morgan fingerprint density at radius 2 is 2.04 bits per heavy atom. The maximum absolute atomic E-state index is 12.4. The monoisotopic (exact) mass is 315 g/mol. The number of carbonyl (C=O) groups excluding carboxylic acids is 1. The zero-order valence-electron chi connectivity index (χ0n) is 13.8. The van der Waals surface area contributed by atoms with Crippen molar-refractivity contribution in [1.82, 2.24) is 9.88 Å². The topological polar surface area (TPSA) is 91.2 Å². The molecule has 6 nitrogen and oxygen atoms in total. The van der Waals surface area contributed by atoms with E-state index in [9.17, 15) is 15.2 Å². The van der Waals surface area contributed by atoms with E-state index in [1.54, 1.807) is 36.0 Å². The van der Waals surface area contributed by atoms with E-state index in [1.807, 2.05) is 26.8 Å². The van der Waals surface area contributed by atoms with Crippen LogP contribution in [0.5, 0.6) is 0 Å². The summed E-state index contributed by atoms with van der Waals surface area (Å²) in [5, 5.41) is 22.1. The quantitative estimate of drug-likeness (QED) is 0.906. The third-order valence-corrected chi connectivity index (χ3v) is 3.70. The first-order chi connectivity index (χ1) is 10.8. The number of furan rings is 1. The molecule has 0 spiro atoms. The fourth-order valence-electron chi connectivity index (χ4n) is 2.14. The minimum atomic E-state index is -0.687. The molecule has 6 heteroatoms. The molecule has 2 heterocycles. The van der Waals surface area contributed by atoms with Crippen molar-refractivity contribution in [2.45, 2.75) is 33.8 Å². The number of aryl methyl sites for hydroxylation is 1. The summed E-state index contributed by atoms with van der Waals surface area (Å²) in [6.07, 6.45) is 2.79. The van der Waals surface area contributed by atoms with E-state index >= 15 is 0 Å². The van der Waals surface area contributed by atoms with Crippen LogP contribution >= 0.6 is 0 Å². The molecule has 0 aliphatic rings. The first-order valence-electron chi connectivity index (χ1n) is 7.38. The third-order valence-electron chi connectivity index (χ3n) is 3.70. The lowest BCUT2D eigenvalue weighted by molar-refractivity contribution is 0.0586. The zero-order chi connectivity index (χ0) is 17.2. The highest BCUT2D eigenvalue weighted by atomic mass is 16.4. The van der Waals surface area contributed by atoms with E-state index in [1.165, 1.54) is 0 Å². The van der Waals surface area contributed by atoms with Crippen molar-refractivity contribution in [2.75, 3.05) is 6.54 Å². The Labute approximate surface area is 135 Å². The van der Waals surface area contributed by atoms with E-state index in [4.69, 9.17) is 4.42 Å². The molecular weight excluding hydrogens is 294 g/mol. The molecule has 0 bridgehead atoms. The number of hydrogen-bond donors (Lipinski definition) is 2. The van der Waals surface area contributed by atoms with Crippen molar-refractivity contribution < 1.29 is 14.3 Å². The molecule has 0 aromatic carbocycles. The average Bonchev–Trinajstić information content (AvgIpc) is 3.09. The molecule has 2 aromatic heterocycles. The molecule has 0 aliphatic heterocycles. The molecule has 0 saturated carbocycles. The minimum Gasteiger partial charge on any atom is -0.443 e. The van der Waals surface area contributed by atoms with Crippen molar-refractivity contribution in [2.24, 2.45) is 5.41 Å². The van der Waals surface area contributed by atoms with Crippen molar-refractivity contribution in [3.05, 3.63) is 41.4 Å². The molecule has 122 valence electrons. The summed E-state index contributed by atoms with van der Waals surface area (Å²) >= 11 is 0. The molecule has 0 saturated heterocycles. The van der Waals surface area contributed by atoms with Crippen LogP contribution in [-0.2, 0) is 0 Å². The van der Waals surface area contributed by atoms with E-state index < -0.39 is 12.0 Å². The van der Waals surface area contributed by atoms with Gasteiger partial charge in [0.25, 0.3) is 5.91 Å². The van der Waals surface area contributed by atoms with Crippen LogP contribution in [0.1, 0.15) is 42.5 Å². The van der Waals surface area contributed by atoms with Gasteiger partial charge in [-0.1, -0.05) is 20.8 Å². The molecule has 1 amide bonds. The highest BCUT2D eigenvalue weighted by Crippen LogP contribution is 2.25. The smallest absolute Gasteiger partial charge is 0.256 e. The molecule has 23 heavy (non-hydrogen) atoms. The number of aliphatic hydroxyl groups excluding tert-OH is 1. The van der Waals surface area contributed by atoms with Gasteiger partial charge >= 0.3 is 0 Å². The Balaban J connectivity index is 2.26. The van der Waals surface area contributed by atoms with E-state index in [0.717, 1.165) is 0 Å². The van der Waals surface area contributed by atoms with Gasteiger partial charge < -0.3 is 14.8 Å². The standard InChI is InChI=1S/C17H21N3O3/c1-11-14(15(22)19-10-13(21)17(2,3)4)12(9-18)16(23-11)20-7-5-6-8-20/h5-8,13,21H,10H2,1-4H3,(H,19,22). The van der Waals surface area contributed by atoms with Gasteiger partial charge in [0.05, 0.1) is 6.10 Å². The van der Waals surface area contributed by atoms with Crippen molar-refractivity contribution >= 4 is 5.91 Å². The van der Waals surface area contributed by atoms with Crippen molar-refractivity contribution in [3.63, 3.8) is 0 Å². The molecule has 2 rings (SSSR count). The molecular formula is C17H21N3O3. The fourth-order valence-corrected chi connectivity index (χ4v) is 2.14. The van der Waals surface area contributed by atoms with Gasteiger partial charge in [0.1, 0.15) is 23.0 Å². The number of amides is 1. The number of aromatic nitrogens is 1. The molecule has 0 radical (unpaired) electrons. The van der Waals surface area contributed by atoms with E-state index in [2.05, 4.69) is 5.32 Å². The summed E-state index contributed by atoms with van der Waals surface area (Å²) in [5.41, 5.74) is 0.0475. The summed E-state index contributed by atoms with van der Waals surface area (Å²) < 4.78 is 7.24. The molecule has 2 N–H and O–H groups in total. The highest BCUT2D eigenvalue weighted by molar-refractivity contribution is 5.98. The maximum Gasteiger partial charge on any atom is 0.256 e. The molecule has 1 atom stereocenters. The summed E-state index contributed by atoms with van der Waals surface area (Å²) in [7, 11) is 0. The fraction of sp³-hybridized carbons (Fsp3) is 0.412. The van der Waals surface area contributed by atoms with Gasteiger partial charge in [0.15, 0.2) is 0 Å². The van der Waals surface area contributed by atoms with Crippen LogP contribution in [0.25, 0.3) is 5.88 Å². The predicted octanol–water partition coefficient (Wildman–Crippen LogP) is 2.39. The van der Waals surface area contributed by atoms with E-state index in [-0.39, 0.29) is 23.1 Å². The van der Waals surface area contributed by atoms with Crippen LogP contribution in [0.15, 0.2) is 28.9 Å². The second-order valence-electron chi connectivity index (χ2n) is 6.51. The summed E-state index contributed by atoms with van der Waals surface area (Å²) in [5.74, 6) is 0.258. The van der Waals surface area contributed by atoms with Crippen LogP contribution in [0.2, 0.25) is 0 Å². The zero-order valence-corrected chi connectivity index (χ0v) is 13.8. The predicted molar refractivity (Wildman–Crippen MR) is 85.3 cm³/mol. The Kier molecular flexibility index (Phi) is 4.62. The van der Waals surface area contributed by atoms with Crippen LogP contribution in [0.3, 0.4) is 0 Å². The lowest BCUT2D eigenvalue weighted by atomic mass is 9.89. The van der Waals surface area contributed by atoms with Crippen LogP contribution < -0.4 is 5.32 Å². The average molecular weight is 315 g/mol. The third kappa shape index (κ3) is 3.46. The van der Waals surface area contributed by atoms with Crippen LogP contribution in [0.4, 0.5) is 0 Å². The summed E-state index contributed by atoms with van der Waals surface area (Å²) in [4.78, 5) is 12.4. The summed E-state index contributed by atoms with van der Waals surface area (Å²) in [6.45, 7) is 7.41. The van der Waals surface area contributed by atoms with Crippen LogP contribution in [0, 0.1) is 23.7 Å². The Hall–Kier alpha value is -2.52. The number of nitrogens with zero attached hydrogens (tertiary/aromatic N) is 2. The highest BCUT2D eigenvalue weighted by Gasteiger charge is 2.27. The maximum atomic E-state index is 12.4.